The molecule has 3 rings (SSSR count). The first-order valence-electron chi connectivity index (χ1n) is 8.06. The number of likely N-dealkylation sites (N-methyl/N-ethyl adjacent to an activating group) is 1. The zero-order valence-corrected chi connectivity index (χ0v) is 12.8. The summed E-state index contributed by atoms with van der Waals surface area (Å²) in [6.45, 7) is 11.6. The highest BCUT2D eigenvalue weighted by molar-refractivity contribution is 5.31. The van der Waals surface area contributed by atoms with E-state index >= 15 is 0 Å². The summed E-state index contributed by atoms with van der Waals surface area (Å²) in [5, 5.41) is 3.57. The molecule has 1 N–H and O–H groups in total. The van der Waals surface area contributed by atoms with Crippen molar-refractivity contribution in [3.63, 3.8) is 0 Å². The first-order chi connectivity index (χ1) is 9.79. The molecule has 1 aromatic rings. The highest BCUT2D eigenvalue weighted by atomic mass is 15.3. The van der Waals surface area contributed by atoms with Gasteiger partial charge in [0, 0.05) is 38.3 Å². The molecule has 3 nitrogen and oxygen atoms in total. The second-order valence-electron chi connectivity index (χ2n) is 6.15. The molecule has 0 radical (unpaired) electrons. The van der Waals surface area contributed by atoms with Crippen LogP contribution in [0.5, 0.6) is 0 Å². The van der Waals surface area contributed by atoms with Crippen LogP contribution >= 0.6 is 0 Å². The van der Waals surface area contributed by atoms with Crippen LogP contribution in [0.1, 0.15) is 37.4 Å². The maximum absolute atomic E-state index is 3.57. The van der Waals surface area contributed by atoms with Gasteiger partial charge < -0.3 is 5.32 Å². The van der Waals surface area contributed by atoms with Crippen molar-refractivity contribution in [2.24, 2.45) is 0 Å². The lowest BCUT2D eigenvalue weighted by molar-refractivity contribution is 0.0562. The van der Waals surface area contributed by atoms with Crippen molar-refractivity contribution in [2.75, 3.05) is 32.7 Å². The van der Waals surface area contributed by atoms with Crippen molar-refractivity contribution in [3.8, 4) is 0 Å². The van der Waals surface area contributed by atoms with E-state index in [1.807, 2.05) is 0 Å². The Morgan fingerprint density at radius 1 is 1.25 bits per heavy atom. The topological polar surface area (TPSA) is 18.5 Å². The Balaban J connectivity index is 1.80. The molecule has 0 bridgehead atoms. The monoisotopic (exact) mass is 273 g/mol. The van der Waals surface area contributed by atoms with Gasteiger partial charge in [-0.25, -0.2) is 0 Å². The molecule has 2 heterocycles. The fraction of sp³-hybridized carbons (Fsp3) is 0.647. The largest absolute Gasteiger partial charge is 0.313 e. The van der Waals surface area contributed by atoms with Crippen LogP contribution in [-0.4, -0.2) is 48.6 Å². The Morgan fingerprint density at radius 2 is 2.10 bits per heavy atom. The number of fused-ring (bicyclic) bond motifs is 1. The second-order valence-corrected chi connectivity index (χ2v) is 6.15. The summed E-state index contributed by atoms with van der Waals surface area (Å²) in [7, 11) is 0. The first kappa shape index (κ1) is 14.1. The predicted molar refractivity (Wildman–Crippen MR) is 83.8 cm³/mol. The fourth-order valence-corrected chi connectivity index (χ4v) is 3.79. The van der Waals surface area contributed by atoms with Crippen LogP contribution in [-0.2, 0) is 6.54 Å². The van der Waals surface area contributed by atoms with E-state index in [4.69, 9.17) is 0 Å². The Bertz CT molecular complexity index is 446. The molecule has 2 unspecified atom stereocenters. The van der Waals surface area contributed by atoms with E-state index in [1.165, 1.54) is 38.2 Å². The first-order valence-corrected chi connectivity index (χ1v) is 8.06. The Labute approximate surface area is 123 Å². The normalized spacial score (nSPS) is 28.9. The summed E-state index contributed by atoms with van der Waals surface area (Å²) in [6, 6.07) is 10.3. The van der Waals surface area contributed by atoms with Crippen molar-refractivity contribution in [1.82, 2.24) is 15.1 Å². The average molecular weight is 273 g/mol. The van der Waals surface area contributed by atoms with Crippen molar-refractivity contribution in [3.05, 3.63) is 35.4 Å². The molecule has 3 heteroatoms. The van der Waals surface area contributed by atoms with Crippen LogP contribution in [0.3, 0.4) is 0 Å². The smallest absolute Gasteiger partial charge is 0.0364 e. The number of hydrogen-bond donors (Lipinski definition) is 1. The number of hydrogen-bond acceptors (Lipinski definition) is 3. The second kappa shape index (κ2) is 6.25. The van der Waals surface area contributed by atoms with Crippen molar-refractivity contribution >= 4 is 0 Å². The Morgan fingerprint density at radius 3 is 2.90 bits per heavy atom. The quantitative estimate of drug-likeness (QED) is 0.891. The number of nitrogens with zero attached hydrogens (tertiary/aromatic N) is 2. The van der Waals surface area contributed by atoms with Gasteiger partial charge in [0.25, 0.3) is 0 Å². The molecule has 0 saturated carbocycles. The van der Waals surface area contributed by atoms with Crippen LogP contribution in [0.25, 0.3) is 0 Å². The molecular formula is C17H27N3. The summed E-state index contributed by atoms with van der Waals surface area (Å²) < 4.78 is 0. The summed E-state index contributed by atoms with van der Waals surface area (Å²) in [5.74, 6) is 0. The minimum Gasteiger partial charge on any atom is -0.313 e. The summed E-state index contributed by atoms with van der Waals surface area (Å²) >= 11 is 0. The van der Waals surface area contributed by atoms with E-state index in [2.05, 4.69) is 53.2 Å². The van der Waals surface area contributed by atoms with Crippen LogP contribution in [0, 0.1) is 0 Å². The zero-order chi connectivity index (χ0) is 13.9. The molecule has 0 spiro atoms. The highest BCUT2D eigenvalue weighted by Gasteiger charge is 2.30. The minimum atomic E-state index is 0.600. The van der Waals surface area contributed by atoms with Gasteiger partial charge in [-0.2, -0.15) is 0 Å². The van der Waals surface area contributed by atoms with E-state index in [0.717, 1.165) is 13.1 Å². The van der Waals surface area contributed by atoms with Gasteiger partial charge >= 0.3 is 0 Å². The Kier molecular flexibility index (Phi) is 4.39. The van der Waals surface area contributed by atoms with Crippen molar-refractivity contribution in [2.45, 2.75) is 38.9 Å². The lowest BCUT2D eigenvalue weighted by atomic mass is 9.96. The van der Waals surface area contributed by atoms with Gasteiger partial charge in [-0.3, -0.25) is 9.80 Å². The van der Waals surface area contributed by atoms with Gasteiger partial charge in [0.1, 0.15) is 0 Å². The van der Waals surface area contributed by atoms with E-state index < -0.39 is 0 Å². The molecule has 2 aliphatic heterocycles. The lowest BCUT2D eigenvalue weighted by Gasteiger charge is -2.43. The molecule has 0 aliphatic carbocycles. The maximum atomic E-state index is 3.57. The molecule has 2 atom stereocenters. The molecule has 2 aliphatic rings. The number of nitrogens with one attached hydrogen (secondary N) is 1. The minimum absolute atomic E-state index is 0.600. The van der Waals surface area contributed by atoms with E-state index in [9.17, 15) is 0 Å². The summed E-state index contributed by atoms with van der Waals surface area (Å²) in [6.07, 6.45) is 1.23. The molecule has 1 fully saturated rings. The zero-order valence-electron chi connectivity index (χ0n) is 12.8. The van der Waals surface area contributed by atoms with E-state index in [0.29, 0.717) is 12.1 Å². The molecule has 0 aromatic heterocycles. The predicted octanol–water partition coefficient (Wildman–Crippen LogP) is 2.25. The third-order valence-corrected chi connectivity index (χ3v) is 4.97. The average Bonchev–Trinajstić information content (AvgIpc) is 2.69. The van der Waals surface area contributed by atoms with Gasteiger partial charge in [-0.1, -0.05) is 31.2 Å². The maximum Gasteiger partial charge on any atom is 0.0364 e. The van der Waals surface area contributed by atoms with Gasteiger partial charge in [-0.05, 0) is 37.6 Å². The molecule has 20 heavy (non-hydrogen) atoms. The molecule has 1 saturated heterocycles. The SMILES string of the molecule is CCN1CCN(C2CCNCc3ccccc32)CC1C. The van der Waals surface area contributed by atoms with Crippen LogP contribution in [0.15, 0.2) is 24.3 Å². The van der Waals surface area contributed by atoms with Gasteiger partial charge in [-0.15, -0.1) is 0 Å². The van der Waals surface area contributed by atoms with E-state index in [-0.39, 0.29) is 0 Å². The van der Waals surface area contributed by atoms with E-state index in [1.54, 1.807) is 5.56 Å². The number of benzene rings is 1. The van der Waals surface area contributed by atoms with Crippen LogP contribution in [0.2, 0.25) is 0 Å². The van der Waals surface area contributed by atoms with Gasteiger partial charge in [0.15, 0.2) is 0 Å². The lowest BCUT2D eigenvalue weighted by Crippen LogP contribution is -2.52. The van der Waals surface area contributed by atoms with Crippen molar-refractivity contribution in [1.29, 1.82) is 0 Å². The summed E-state index contributed by atoms with van der Waals surface area (Å²) in [4.78, 5) is 5.31. The standard InChI is InChI=1S/C17H27N3/c1-3-19-10-11-20(13-14(19)2)17-8-9-18-12-15-6-4-5-7-16(15)17/h4-7,14,17-18H,3,8-13H2,1-2H3. The third-order valence-electron chi connectivity index (χ3n) is 4.97. The molecule has 110 valence electrons. The third kappa shape index (κ3) is 2.76. The van der Waals surface area contributed by atoms with Crippen LogP contribution in [0.4, 0.5) is 0 Å². The molecular weight excluding hydrogens is 246 g/mol. The summed E-state index contributed by atoms with van der Waals surface area (Å²) in [5.41, 5.74) is 3.04. The van der Waals surface area contributed by atoms with Crippen molar-refractivity contribution < 1.29 is 0 Å². The Hall–Kier alpha value is -0.900. The molecule has 1 aromatic carbocycles. The highest BCUT2D eigenvalue weighted by Crippen LogP contribution is 2.30. The van der Waals surface area contributed by atoms with Gasteiger partial charge in [0.2, 0.25) is 0 Å². The fourth-order valence-electron chi connectivity index (χ4n) is 3.79. The number of rotatable bonds is 2. The van der Waals surface area contributed by atoms with Gasteiger partial charge in [0.05, 0.1) is 0 Å². The van der Waals surface area contributed by atoms with Crippen LogP contribution < -0.4 is 5.32 Å². The number of piperazine rings is 1. The molecule has 0 amide bonds.